The van der Waals surface area contributed by atoms with E-state index in [9.17, 15) is 4.79 Å². The molecule has 19 heavy (non-hydrogen) atoms. The molecule has 0 saturated carbocycles. The molecule has 0 aromatic carbocycles. The van der Waals surface area contributed by atoms with E-state index < -0.39 is 0 Å². The first-order valence-corrected chi connectivity index (χ1v) is 7.94. The second-order valence-electron chi connectivity index (χ2n) is 6.05. The Balaban J connectivity index is 1.59. The van der Waals surface area contributed by atoms with Crippen LogP contribution in [-0.4, -0.2) is 42.4 Å². The van der Waals surface area contributed by atoms with Gasteiger partial charge in [-0.2, -0.15) is 0 Å². The van der Waals surface area contributed by atoms with Crippen molar-refractivity contribution in [3.63, 3.8) is 0 Å². The minimum absolute atomic E-state index is 0.0172. The molecule has 1 aromatic rings. The van der Waals surface area contributed by atoms with Gasteiger partial charge in [-0.05, 0) is 51.4 Å². The Bertz CT molecular complexity index is 474. The van der Waals surface area contributed by atoms with Crippen LogP contribution in [0.4, 0.5) is 0 Å². The number of hydrogen-bond donors (Lipinski definition) is 0. The van der Waals surface area contributed by atoms with E-state index in [4.69, 9.17) is 0 Å². The number of likely N-dealkylation sites (tertiary alicyclic amines) is 2. The summed E-state index contributed by atoms with van der Waals surface area (Å²) in [5.41, 5.74) is -0.0172. The zero-order valence-electron chi connectivity index (χ0n) is 11.8. The van der Waals surface area contributed by atoms with Gasteiger partial charge in [-0.3, -0.25) is 9.69 Å². The molecule has 2 aliphatic rings. The number of piperidine rings is 1. The molecule has 1 aromatic heterocycles. The van der Waals surface area contributed by atoms with Gasteiger partial charge in [0.2, 0.25) is 5.91 Å². The number of hydrogen-bond acceptors (Lipinski definition) is 3. The Morgan fingerprint density at radius 1 is 1.21 bits per heavy atom. The van der Waals surface area contributed by atoms with Crippen molar-refractivity contribution in [2.45, 2.75) is 32.7 Å². The summed E-state index contributed by atoms with van der Waals surface area (Å²) in [6, 6.07) is 4.43. The quantitative estimate of drug-likeness (QED) is 0.830. The standard InChI is InChI=1S/C15H22N2OS/c1-12-3-4-13(19-12)11-17-9-6-15(7-10-17)5-8-16(2)14(15)18/h3-4H,5-11H2,1-2H3. The second-order valence-corrected chi connectivity index (χ2v) is 7.42. The van der Waals surface area contributed by atoms with Crippen LogP contribution in [0.3, 0.4) is 0 Å². The van der Waals surface area contributed by atoms with E-state index >= 15 is 0 Å². The largest absolute Gasteiger partial charge is 0.345 e. The number of carbonyl (C=O) groups is 1. The van der Waals surface area contributed by atoms with Gasteiger partial charge in [-0.15, -0.1) is 11.3 Å². The molecule has 2 fully saturated rings. The smallest absolute Gasteiger partial charge is 0.228 e. The van der Waals surface area contributed by atoms with Crippen molar-refractivity contribution in [1.29, 1.82) is 0 Å². The first kappa shape index (κ1) is 13.1. The number of rotatable bonds is 2. The minimum Gasteiger partial charge on any atom is -0.345 e. The molecule has 2 aliphatic heterocycles. The van der Waals surface area contributed by atoms with Crippen LogP contribution in [0, 0.1) is 12.3 Å². The lowest BCUT2D eigenvalue weighted by atomic mass is 9.77. The molecule has 3 rings (SSSR count). The van der Waals surface area contributed by atoms with Crippen LogP contribution in [-0.2, 0) is 11.3 Å². The molecule has 1 spiro atoms. The van der Waals surface area contributed by atoms with E-state index in [0.717, 1.165) is 45.4 Å². The third-order valence-corrected chi connectivity index (χ3v) is 5.70. The summed E-state index contributed by atoms with van der Waals surface area (Å²) >= 11 is 1.89. The van der Waals surface area contributed by atoms with E-state index in [2.05, 4.69) is 24.0 Å². The van der Waals surface area contributed by atoms with Crippen LogP contribution >= 0.6 is 11.3 Å². The third kappa shape index (κ3) is 2.43. The van der Waals surface area contributed by atoms with Gasteiger partial charge in [-0.25, -0.2) is 0 Å². The summed E-state index contributed by atoms with van der Waals surface area (Å²) in [6.07, 6.45) is 3.15. The van der Waals surface area contributed by atoms with Gasteiger partial charge in [0.1, 0.15) is 0 Å². The van der Waals surface area contributed by atoms with Crippen molar-refractivity contribution in [2.75, 3.05) is 26.7 Å². The minimum atomic E-state index is -0.0172. The lowest BCUT2D eigenvalue weighted by Crippen LogP contribution is -2.43. The summed E-state index contributed by atoms with van der Waals surface area (Å²) in [6.45, 7) is 6.29. The van der Waals surface area contributed by atoms with Crippen LogP contribution in [0.25, 0.3) is 0 Å². The van der Waals surface area contributed by atoms with Gasteiger partial charge in [0, 0.05) is 29.9 Å². The van der Waals surface area contributed by atoms with Crippen LogP contribution in [0.5, 0.6) is 0 Å². The molecule has 3 heterocycles. The van der Waals surface area contributed by atoms with Crippen molar-refractivity contribution in [3.05, 3.63) is 21.9 Å². The molecular weight excluding hydrogens is 256 g/mol. The second kappa shape index (κ2) is 4.91. The molecule has 0 aliphatic carbocycles. The molecule has 0 atom stereocenters. The topological polar surface area (TPSA) is 23.6 Å². The van der Waals surface area contributed by atoms with E-state index in [1.165, 1.54) is 9.75 Å². The highest BCUT2D eigenvalue weighted by atomic mass is 32.1. The molecule has 0 radical (unpaired) electrons. The SMILES string of the molecule is Cc1ccc(CN2CCC3(CC2)CCN(C)C3=O)s1. The molecule has 2 saturated heterocycles. The van der Waals surface area contributed by atoms with Gasteiger partial charge < -0.3 is 4.90 Å². The highest BCUT2D eigenvalue weighted by molar-refractivity contribution is 7.11. The van der Waals surface area contributed by atoms with Gasteiger partial charge in [-0.1, -0.05) is 0 Å². The zero-order valence-corrected chi connectivity index (χ0v) is 12.6. The fourth-order valence-electron chi connectivity index (χ4n) is 3.39. The number of thiophene rings is 1. The summed E-state index contributed by atoms with van der Waals surface area (Å²) in [7, 11) is 1.94. The molecular formula is C15H22N2OS. The zero-order chi connectivity index (χ0) is 13.5. The maximum absolute atomic E-state index is 12.3. The lowest BCUT2D eigenvalue weighted by molar-refractivity contribution is -0.137. The van der Waals surface area contributed by atoms with Gasteiger partial charge in [0.05, 0.1) is 5.41 Å². The summed E-state index contributed by atoms with van der Waals surface area (Å²) in [5, 5.41) is 0. The summed E-state index contributed by atoms with van der Waals surface area (Å²) < 4.78 is 0. The monoisotopic (exact) mass is 278 g/mol. The predicted molar refractivity (Wildman–Crippen MR) is 78.3 cm³/mol. The Kier molecular flexibility index (Phi) is 3.39. The first-order valence-electron chi connectivity index (χ1n) is 7.12. The van der Waals surface area contributed by atoms with Crippen molar-refractivity contribution >= 4 is 17.2 Å². The Morgan fingerprint density at radius 3 is 2.42 bits per heavy atom. The fourth-order valence-corrected chi connectivity index (χ4v) is 4.32. The number of amides is 1. The highest BCUT2D eigenvalue weighted by Gasteiger charge is 2.46. The van der Waals surface area contributed by atoms with E-state index in [1.54, 1.807) is 0 Å². The molecule has 104 valence electrons. The average Bonchev–Trinajstić information content (AvgIpc) is 2.92. The van der Waals surface area contributed by atoms with E-state index in [1.807, 2.05) is 23.3 Å². The van der Waals surface area contributed by atoms with Gasteiger partial charge in [0.25, 0.3) is 0 Å². The van der Waals surface area contributed by atoms with Gasteiger partial charge >= 0.3 is 0 Å². The fraction of sp³-hybridized carbons (Fsp3) is 0.667. The maximum atomic E-state index is 12.3. The Morgan fingerprint density at radius 2 is 1.89 bits per heavy atom. The Labute approximate surface area is 119 Å². The predicted octanol–water partition coefficient (Wildman–Crippen LogP) is 2.50. The summed E-state index contributed by atoms with van der Waals surface area (Å²) in [5.74, 6) is 0.388. The number of nitrogens with zero attached hydrogens (tertiary/aromatic N) is 2. The first-order chi connectivity index (χ1) is 9.09. The van der Waals surface area contributed by atoms with Crippen LogP contribution in [0.15, 0.2) is 12.1 Å². The third-order valence-electron chi connectivity index (χ3n) is 4.71. The number of carbonyl (C=O) groups excluding carboxylic acids is 1. The molecule has 0 bridgehead atoms. The van der Waals surface area contributed by atoms with Crippen LogP contribution < -0.4 is 0 Å². The Hall–Kier alpha value is -0.870. The lowest BCUT2D eigenvalue weighted by Gasteiger charge is -2.37. The van der Waals surface area contributed by atoms with Crippen LogP contribution in [0.1, 0.15) is 29.0 Å². The van der Waals surface area contributed by atoms with Crippen molar-refractivity contribution in [2.24, 2.45) is 5.41 Å². The van der Waals surface area contributed by atoms with Gasteiger partial charge in [0.15, 0.2) is 0 Å². The van der Waals surface area contributed by atoms with E-state index in [0.29, 0.717) is 5.91 Å². The molecule has 1 amide bonds. The average molecular weight is 278 g/mol. The number of aryl methyl sites for hydroxylation is 1. The normalized spacial score (nSPS) is 23.5. The molecule has 0 unspecified atom stereocenters. The highest BCUT2D eigenvalue weighted by Crippen LogP contribution is 2.41. The van der Waals surface area contributed by atoms with Crippen molar-refractivity contribution in [1.82, 2.24) is 9.80 Å². The summed E-state index contributed by atoms with van der Waals surface area (Å²) in [4.78, 5) is 19.5. The van der Waals surface area contributed by atoms with Crippen molar-refractivity contribution in [3.8, 4) is 0 Å². The van der Waals surface area contributed by atoms with E-state index in [-0.39, 0.29) is 5.41 Å². The van der Waals surface area contributed by atoms with Crippen LogP contribution in [0.2, 0.25) is 0 Å². The van der Waals surface area contributed by atoms with Crippen molar-refractivity contribution < 1.29 is 4.79 Å². The molecule has 0 N–H and O–H groups in total. The molecule has 4 heteroatoms. The maximum Gasteiger partial charge on any atom is 0.228 e. The molecule has 3 nitrogen and oxygen atoms in total.